The Labute approximate surface area is 151 Å². The molecule has 0 aliphatic carbocycles. The molecule has 1 aromatic rings. The second kappa shape index (κ2) is 16.8. The number of hydrogen-bond donors (Lipinski definition) is 0. The number of aryl methyl sites for hydroxylation is 1. The molecule has 0 aromatic heterocycles. The van der Waals surface area contributed by atoms with E-state index in [1.165, 1.54) is 95.5 Å². The Hall–Kier alpha value is -1.04. The fourth-order valence-electron chi connectivity index (χ4n) is 3.16. The van der Waals surface area contributed by atoms with E-state index in [9.17, 15) is 0 Å². The predicted octanol–water partition coefficient (Wildman–Crippen LogP) is 8.07. The van der Waals surface area contributed by atoms with Gasteiger partial charge in [-0.15, -0.1) is 0 Å². The van der Waals surface area contributed by atoms with E-state index in [0.717, 1.165) is 6.42 Å². The number of allylic oxidation sites excluding steroid dienone is 2. The molecule has 0 spiro atoms. The van der Waals surface area contributed by atoms with Crippen molar-refractivity contribution in [2.24, 2.45) is 0 Å². The first kappa shape index (κ1) is 21.0. The van der Waals surface area contributed by atoms with Crippen molar-refractivity contribution >= 4 is 0 Å². The van der Waals surface area contributed by atoms with Gasteiger partial charge >= 0.3 is 0 Å². The van der Waals surface area contributed by atoms with Crippen LogP contribution >= 0.6 is 0 Å². The first-order valence-electron chi connectivity index (χ1n) is 10.5. The third kappa shape index (κ3) is 13.4. The van der Waals surface area contributed by atoms with Crippen molar-refractivity contribution in [3.05, 3.63) is 48.0 Å². The Balaban J connectivity index is 1.77. The monoisotopic (exact) mass is 327 g/mol. The van der Waals surface area contributed by atoms with Crippen LogP contribution in [0, 0.1) is 6.07 Å². The van der Waals surface area contributed by atoms with Crippen LogP contribution in [-0.2, 0) is 6.42 Å². The average molecular weight is 328 g/mol. The van der Waals surface area contributed by atoms with Crippen molar-refractivity contribution in [1.82, 2.24) is 0 Å². The van der Waals surface area contributed by atoms with Crippen LogP contribution in [0.2, 0.25) is 0 Å². The summed E-state index contributed by atoms with van der Waals surface area (Å²) < 4.78 is 0. The maximum atomic E-state index is 3.30. The quantitative estimate of drug-likeness (QED) is 0.213. The summed E-state index contributed by atoms with van der Waals surface area (Å²) in [6.07, 6.45) is 25.4. The normalized spacial score (nSPS) is 11.4. The lowest BCUT2D eigenvalue weighted by molar-refractivity contribution is 0.550. The molecule has 0 atom stereocenters. The van der Waals surface area contributed by atoms with E-state index in [-0.39, 0.29) is 0 Å². The highest BCUT2D eigenvalue weighted by atomic mass is 14.0. The number of benzene rings is 1. The van der Waals surface area contributed by atoms with Crippen molar-refractivity contribution in [2.75, 3.05) is 0 Å². The number of unbranched alkanes of at least 4 members (excludes halogenated alkanes) is 12. The lowest BCUT2D eigenvalue weighted by Gasteiger charge is -2.01. The SMILES string of the molecule is CCCCCCCCCCCCCC=CCCCc1[c]cccc1. The van der Waals surface area contributed by atoms with Crippen molar-refractivity contribution in [3.63, 3.8) is 0 Å². The van der Waals surface area contributed by atoms with Gasteiger partial charge in [-0.1, -0.05) is 108 Å². The summed E-state index contributed by atoms with van der Waals surface area (Å²) >= 11 is 0. The molecule has 0 aliphatic heterocycles. The van der Waals surface area contributed by atoms with Crippen molar-refractivity contribution < 1.29 is 0 Å². The van der Waals surface area contributed by atoms with Crippen LogP contribution in [0.1, 0.15) is 102 Å². The topological polar surface area (TPSA) is 0 Å². The fourth-order valence-corrected chi connectivity index (χ4v) is 3.16. The molecule has 135 valence electrons. The van der Waals surface area contributed by atoms with Gasteiger partial charge in [-0.3, -0.25) is 0 Å². The van der Waals surface area contributed by atoms with E-state index in [2.05, 4.69) is 37.3 Å². The van der Waals surface area contributed by atoms with Crippen LogP contribution in [0.5, 0.6) is 0 Å². The molecule has 0 amide bonds. The summed E-state index contributed by atoms with van der Waals surface area (Å²) in [4.78, 5) is 0. The molecule has 0 saturated carbocycles. The van der Waals surface area contributed by atoms with E-state index in [0.29, 0.717) is 0 Å². The molecule has 1 rings (SSSR count). The van der Waals surface area contributed by atoms with Crippen molar-refractivity contribution in [3.8, 4) is 0 Å². The van der Waals surface area contributed by atoms with Crippen LogP contribution in [0.3, 0.4) is 0 Å². The van der Waals surface area contributed by atoms with Gasteiger partial charge in [-0.25, -0.2) is 0 Å². The molecule has 0 nitrogen and oxygen atoms in total. The van der Waals surface area contributed by atoms with E-state index >= 15 is 0 Å². The highest BCUT2D eigenvalue weighted by Crippen LogP contribution is 2.12. The first-order chi connectivity index (χ1) is 11.9. The summed E-state index contributed by atoms with van der Waals surface area (Å²) in [5.74, 6) is 0. The number of rotatable bonds is 16. The van der Waals surface area contributed by atoms with Crippen molar-refractivity contribution in [1.29, 1.82) is 0 Å². The minimum absolute atomic E-state index is 1.16. The molecule has 1 radical (unpaired) electrons. The Morgan fingerprint density at radius 2 is 1.29 bits per heavy atom. The summed E-state index contributed by atoms with van der Waals surface area (Å²) in [5.41, 5.74) is 1.34. The molecule has 0 bridgehead atoms. The van der Waals surface area contributed by atoms with Gasteiger partial charge < -0.3 is 0 Å². The Morgan fingerprint density at radius 3 is 1.88 bits per heavy atom. The van der Waals surface area contributed by atoms with Crippen LogP contribution < -0.4 is 0 Å². The van der Waals surface area contributed by atoms with Gasteiger partial charge in [0.25, 0.3) is 0 Å². The molecule has 24 heavy (non-hydrogen) atoms. The van der Waals surface area contributed by atoms with Crippen LogP contribution in [-0.4, -0.2) is 0 Å². The van der Waals surface area contributed by atoms with Crippen LogP contribution in [0.25, 0.3) is 0 Å². The zero-order valence-corrected chi connectivity index (χ0v) is 16.1. The Bertz CT molecular complexity index is 376. The van der Waals surface area contributed by atoms with Crippen molar-refractivity contribution in [2.45, 2.75) is 103 Å². The molecular formula is C24H39. The van der Waals surface area contributed by atoms with Gasteiger partial charge in [0.15, 0.2) is 0 Å². The molecular weight excluding hydrogens is 288 g/mol. The van der Waals surface area contributed by atoms with E-state index in [1.54, 1.807) is 0 Å². The zero-order chi connectivity index (χ0) is 17.1. The Kier molecular flexibility index (Phi) is 14.7. The van der Waals surface area contributed by atoms with E-state index in [4.69, 9.17) is 0 Å². The maximum absolute atomic E-state index is 3.30. The standard InChI is InChI=1S/C24H39/c1-2-3-4-5-6-7-8-9-10-11-12-13-14-15-16-18-21-24-22-19-17-20-23-24/h14-15,17,19-20,22H,2-13,16,18,21H2,1H3. The molecule has 0 fully saturated rings. The molecule has 0 heteroatoms. The maximum Gasteiger partial charge on any atom is -0.0149 e. The largest absolute Gasteiger partial charge is 0.0885 e. The smallest absolute Gasteiger partial charge is 0.0149 e. The molecule has 0 saturated heterocycles. The van der Waals surface area contributed by atoms with E-state index in [1.807, 2.05) is 12.1 Å². The summed E-state index contributed by atoms with van der Waals surface area (Å²) in [6.45, 7) is 2.29. The van der Waals surface area contributed by atoms with Gasteiger partial charge in [0.1, 0.15) is 0 Å². The molecule has 0 heterocycles. The molecule has 0 N–H and O–H groups in total. The fraction of sp³-hybridized carbons (Fsp3) is 0.667. The predicted molar refractivity (Wildman–Crippen MR) is 108 cm³/mol. The zero-order valence-electron chi connectivity index (χ0n) is 16.1. The third-order valence-electron chi connectivity index (χ3n) is 4.73. The molecule has 1 aromatic carbocycles. The second-order valence-corrected chi connectivity index (χ2v) is 7.08. The van der Waals surface area contributed by atoms with Gasteiger partial charge in [0.2, 0.25) is 0 Å². The van der Waals surface area contributed by atoms with Gasteiger partial charge in [0, 0.05) is 0 Å². The highest BCUT2D eigenvalue weighted by Gasteiger charge is 1.93. The molecule has 0 aliphatic rings. The van der Waals surface area contributed by atoms with Crippen LogP contribution in [0.15, 0.2) is 36.4 Å². The van der Waals surface area contributed by atoms with Crippen LogP contribution in [0.4, 0.5) is 0 Å². The molecule has 0 unspecified atom stereocenters. The summed E-state index contributed by atoms with van der Waals surface area (Å²) in [6, 6.07) is 11.6. The summed E-state index contributed by atoms with van der Waals surface area (Å²) in [7, 11) is 0. The van der Waals surface area contributed by atoms with E-state index < -0.39 is 0 Å². The Morgan fingerprint density at radius 1 is 0.708 bits per heavy atom. The lowest BCUT2D eigenvalue weighted by Crippen LogP contribution is -1.83. The lowest BCUT2D eigenvalue weighted by atomic mass is 10.0. The number of hydrogen-bond acceptors (Lipinski definition) is 0. The minimum Gasteiger partial charge on any atom is -0.0885 e. The second-order valence-electron chi connectivity index (χ2n) is 7.08. The van der Waals surface area contributed by atoms with Gasteiger partial charge in [0.05, 0.1) is 0 Å². The first-order valence-corrected chi connectivity index (χ1v) is 10.5. The van der Waals surface area contributed by atoms with Gasteiger partial charge in [-0.2, -0.15) is 0 Å². The minimum atomic E-state index is 1.16. The average Bonchev–Trinajstić information content (AvgIpc) is 2.62. The highest BCUT2D eigenvalue weighted by molar-refractivity contribution is 5.13. The third-order valence-corrected chi connectivity index (χ3v) is 4.73. The summed E-state index contributed by atoms with van der Waals surface area (Å²) in [5, 5.41) is 0. The van der Waals surface area contributed by atoms with Gasteiger partial charge in [-0.05, 0) is 43.7 Å².